The van der Waals surface area contributed by atoms with E-state index in [0.717, 1.165) is 17.1 Å². The molecule has 0 unspecified atom stereocenters. The van der Waals surface area contributed by atoms with E-state index in [1.165, 1.54) is 12.8 Å². The van der Waals surface area contributed by atoms with E-state index in [1.54, 1.807) is 0 Å². The van der Waals surface area contributed by atoms with Crippen LogP contribution >= 0.6 is 11.6 Å². The summed E-state index contributed by atoms with van der Waals surface area (Å²) in [6.07, 6.45) is 2.35. The Balaban J connectivity index is 1.65. The summed E-state index contributed by atoms with van der Waals surface area (Å²) >= 11 is 6.13. The SMILES string of the molecule is Cc1ccc(NCc2nc(C3CC3)no2)c(Cl)c1. The van der Waals surface area contributed by atoms with Gasteiger partial charge < -0.3 is 9.84 Å². The van der Waals surface area contributed by atoms with Gasteiger partial charge in [-0.1, -0.05) is 22.8 Å². The summed E-state index contributed by atoms with van der Waals surface area (Å²) in [5.41, 5.74) is 2.02. The van der Waals surface area contributed by atoms with Crippen molar-refractivity contribution in [3.05, 3.63) is 40.5 Å². The van der Waals surface area contributed by atoms with E-state index >= 15 is 0 Å². The molecule has 0 spiro atoms. The van der Waals surface area contributed by atoms with Gasteiger partial charge in [0.25, 0.3) is 0 Å². The fraction of sp³-hybridized carbons (Fsp3) is 0.385. The summed E-state index contributed by atoms with van der Waals surface area (Å²) < 4.78 is 5.18. The van der Waals surface area contributed by atoms with Gasteiger partial charge in [-0.2, -0.15) is 4.98 Å². The van der Waals surface area contributed by atoms with Crippen LogP contribution in [0, 0.1) is 6.92 Å². The monoisotopic (exact) mass is 263 g/mol. The van der Waals surface area contributed by atoms with Crippen LogP contribution in [-0.4, -0.2) is 10.1 Å². The number of aromatic nitrogens is 2. The zero-order valence-corrected chi connectivity index (χ0v) is 10.9. The highest BCUT2D eigenvalue weighted by Crippen LogP contribution is 2.38. The molecule has 0 amide bonds. The van der Waals surface area contributed by atoms with E-state index in [0.29, 0.717) is 23.4 Å². The van der Waals surface area contributed by atoms with Crippen molar-refractivity contribution < 1.29 is 4.52 Å². The molecule has 0 radical (unpaired) electrons. The zero-order chi connectivity index (χ0) is 12.5. The standard InChI is InChI=1S/C13H14ClN3O/c1-8-2-5-11(10(14)6-8)15-7-12-16-13(17-18-12)9-3-4-9/h2,5-6,9,15H,3-4,7H2,1H3. The maximum absolute atomic E-state index is 6.13. The number of nitrogens with zero attached hydrogens (tertiary/aromatic N) is 2. The summed E-state index contributed by atoms with van der Waals surface area (Å²) in [7, 11) is 0. The number of nitrogens with one attached hydrogen (secondary N) is 1. The first-order chi connectivity index (χ1) is 8.72. The Kier molecular flexibility index (Phi) is 2.96. The minimum atomic E-state index is 0.502. The lowest BCUT2D eigenvalue weighted by Crippen LogP contribution is -2.00. The highest BCUT2D eigenvalue weighted by molar-refractivity contribution is 6.33. The fourth-order valence-electron chi connectivity index (χ4n) is 1.78. The third-order valence-electron chi connectivity index (χ3n) is 2.98. The molecule has 94 valence electrons. The van der Waals surface area contributed by atoms with E-state index in [4.69, 9.17) is 16.1 Å². The Morgan fingerprint density at radius 2 is 2.28 bits per heavy atom. The number of aryl methyl sites for hydroxylation is 1. The molecule has 0 aliphatic heterocycles. The molecular weight excluding hydrogens is 250 g/mol. The normalized spacial score (nSPS) is 14.8. The Hall–Kier alpha value is -1.55. The molecule has 1 fully saturated rings. The van der Waals surface area contributed by atoms with Crippen LogP contribution in [0.4, 0.5) is 5.69 Å². The molecule has 0 bridgehead atoms. The van der Waals surface area contributed by atoms with Crippen molar-refractivity contribution in [2.75, 3.05) is 5.32 Å². The second-order valence-corrected chi connectivity index (χ2v) is 5.06. The van der Waals surface area contributed by atoms with Crippen LogP contribution in [-0.2, 0) is 6.54 Å². The van der Waals surface area contributed by atoms with E-state index in [2.05, 4.69) is 15.5 Å². The number of rotatable bonds is 4. The highest BCUT2D eigenvalue weighted by Gasteiger charge is 2.28. The van der Waals surface area contributed by atoms with Crippen LogP contribution in [0.3, 0.4) is 0 Å². The Bertz CT molecular complexity index is 563. The summed E-state index contributed by atoms with van der Waals surface area (Å²) in [6.45, 7) is 2.51. The minimum Gasteiger partial charge on any atom is -0.375 e. The molecule has 1 N–H and O–H groups in total. The highest BCUT2D eigenvalue weighted by atomic mass is 35.5. The van der Waals surface area contributed by atoms with Crippen molar-refractivity contribution in [2.45, 2.75) is 32.2 Å². The lowest BCUT2D eigenvalue weighted by Gasteiger charge is -2.06. The zero-order valence-electron chi connectivity index (χ0n) is 10.1. The van der Waals surface area contributed by atoms with Crippen molar-refractivity contribution >= 4 is 17.3 Å². The predicted octanol–water partition coefficient (Wildman–Crippen LogP) is 3.52. The molecule has 1 heterocycles. The van der Waals surface area contributed by atoms with Crippen molar-refractivity contribution in [3.63, 3.8) is 0 Å². The predicted molar refractivity (Wildman–Crippen MR) is 69.8 cm³/mol. The molecule has 3 rings (SSSR count). The van der Waals surface area contributed by atoms with Crippen molar-refractivity contribution in [1.29, 1.82) is 0 Å². The molecule has 5 heteroatoms. The number of halogens is 1. The van der Waals surface area contributed by atoms with E-state index in [1.807, 2.05) is 25.1 Å². The Morgan fingerprint density at radius 1 is 1.44 bits per heavy atom. The molecule has 1 aromatic heterocycles. The quantitative estimate of drug-likeness (QED) is 0.917. The maximum Gasteiger partial charge on any atom is 0.245 e. The van der Waals surface area contributed by atoms with Crippen LogP contribution in [0.15, 0.2) is 22.7 Å². The number of benzene rings is 1. The number of hydrogen-bond donors (Lipinski definition) is 1. The van der Waals surface area contributed by atoms with Gasteiger partial charge in [-0.15, -0.1) is 0 Å². The molecule has 1 aromatic carbocycles. The van der Waals surface area contributed by atoms with Crippen LogP contribution < -0.4 is 5.32 Å². The average Bonchev–Trinajstić information content (AvgIpc) is 3.08. The average molecular weight is 264 g/mol. The van der Waals surface area contributed by atoms with Crippen LogP contribution in [0.1, 0.15) is 36.0 Å². The van der Waals surface area contributed by atoms with Gasteiger partial charge in [-0.3, -0.25) is 0 Å². The van der Waals surface area contributed by atoms with Gasteiger partial charge >= 0.3 is 0 Å². The lowest BCUT2D eigenvalue weighted by molar-refractivity contribution is 0.378. The van der Waals surface area contributed by atoms with Gasteiger partial charge in [0, 0.05) is 5.92 Å². The number of hydrogen-bond acceptors (Lipinski definition) is 4. The summed E-state index contributed by atoms with van der Waals surface area (Å²) in [5, 5.41) is 7.87. The summed E-state index contributed by atoms with van der Waals surface area (Å²) in [5.74, 6) is 1.96. The minimum absolute atomic E-state index is 0.502. The first-order valence-corrected chi connectivity index (χ1v) is 6.42. The molecule has 1 saturated carbocycles. The third kappa shape index (κ3) is 2.48. The van der Waals surface area contributed by atoms with Crippen molar-refractivity contribution in [3.8, 4) is 0 Å². The van der Waals surface area contributed by atoms with Gasteiger partial charge in [0.1, 0.15) is 0 Å². The summed E-state index contributed by atoms with van der Waals surface area (Å²) in [4.78, 5) is 4.35. The van der Waals surface area contributed by atoms with Crippen LogP contribution in [0.25, 0.3) is 0 Å². The van der Waals surface area contributed by atoms with E-state index in [-0.39, 0.29) is 0 Å². The molecule has 2 aromatic rings. The third-order valence-corrected chi connectivity index (χ3v) is 3.29. The smallest absolute Gasteiger partial charge is 0.245 e. The summed E-state index contributed by atoms with van der Waals surface area (Å²) in [6, 6.07) is 5.89. The largest absolute Gasteiger partial charge is 0.375 e. The van der Waals surface area contributed by atoms with Gasteiger partial charge in [-0.25, -0.2) is 0 Å². The van der Waals surface area contributed by atoms with Gasteiger partial charge in [-0.05, 0) is 37.5 Å². The van der Waals surface area contributed by atoms with Crippen LogP contribution in [0.2, 0.25) is 5.02 Å². The van der Waals surface area contributed by atoms with E-state index < -0.39 is 0 Å². The topological polar surface area (TPSA) is 51.0 Å². The molecule has 4 nitrogen and oxygen atoms in total. The van der Waals surface area contributed by atoms with Crippen molar-refractivity contribution in [1.82, 2.24) is 10.1 Å². The Morgan fingerprint density at radius 3 is 3.00 bits per heavy atom. The molecule has 0 saturated heterocycles. The molecule has 18 heavy (non-hydrogen) atoms. The van der Waals surface area contributed by atoms with Gasteiger partial charge in [0.15, 0.2) is 5.82 Å². The molecule has 1 aliphatic carbocycles. The molecule has 0 atom stereocenters. The fourth-order valence-corrected chi connectivity index (χ4v) is 2.08. The second kappa shape index (κ2) is 4.61. The first kappa shape index (κ1) is 11.5. The van der Waals surface area contributed by atoms with E-state index in [9.17, 15) is 0 Å². The van der Waals surface area contributed by atoms with Gasteiger partial charge in [0.2, 0.25) is 5.89 Å². The number of anilines is 1. The molecule has 1 aliphatic rings. The molecular formula is C13H14ClN3O. The Labute approximate surface area is 110 Å². The lowest BCUT2D eigenvalue weighted by atomic mass is 10.2. The van der Waals surface area contributed by atoms with Gasteiger partial charge in [0.05, 0.1) is 17.3 Å². The second-order valence-electron chi connectivity index (χ2n) is 4.66. The first-order valence-electron chi connectivity index (χ1n) is 6.05. The van der Waals surface area contributed by atoms with Crippen LogP contribution in [0.5, 0.6) is 0 Å². The maximum atomic E-state index is 6.13. The van der Waals surface area contributed by atoms with Crippen molar-refractivity contribution in [2.24, 2.45) is 0 Å².